The van der Waals surface area contributed by atoms with Gasteiger partial charge in [-0.05, 0) is 42.0 Å². The third-order valence-electron chi connectivity index (χ3n) is 5.90. The first-order valence-corrected chi connectivity index (χ1v) is 11.2. The summed E-state index contributed by atoms with van der Waals surface area (Å²) in [6.45, 7) is -0.0296. The van der Waals surface area contributed by atoms with Crippen molar-refractivity contribution in [2.24, 2.45) is 0 Å². The Labute approximate surface area is 206 Å². The van der Waals surface area contributed by atoms with Crippen LogP contribution in [0.1, 0.15) is 21.6 Å². The summed E-state index contributed by atoms with van der Waals surface area (Å²) in [4.78, 5) is 32.1. The number of aromatic amines is 1. The number of para-hydroxylation sites is 1. The van der Waals surface area contributed by atoms with Crippen LogP contribution in [0.25, 0.3) is 32.9 Å². The maximum Gasteiger partial charge on any atom is 0.393 e. The zero-order valence-electron chi connectivity index (χ0n) is 18.4. The van der Waals surface area contributed by atoms with Crippen molar-refractivity contribution in [1.82, 2.24) is 14.5 Å². The van der Waals surface area contributed by atoms with Crippen molar-refractivity contribution in [3.63, 3.8) is 0 Å². The van der Waals surface area contributed by atoms with E-state index in [-0.39, 0.29) is 39.5 Å². The minimum atomic E-state index is -4.46. The smallest absolute Gasteiger partial charge is 0.393 e. The molecule has 10 heteroatoms. The van der Waals surface area contributed by atoms with Gasteiger partial charge in [-0.15, -0.1) is 0 Å². The zero-order valence-corrected chi connectivity index (χ0v) is 19.2. The maximum absolute atomic E-state index is 13.1. The standard InChI is InChI=1S/C26H17ClF3N3O3/c27-23-16(11-15-4-1-2-6-19(15)32-23)13-33-20-8-7-14(12-26(28,29)30)10-18(20)21(22(33)25(35)36)17-5-3-9-31-24(17)34/h1-11H,12-13H2,(H,31,34)(H,35,36). The number of nitrogens with zero attached hydrogens (tertiary/aromatic N) is 2. The Morgan fingerprint density at radius 1 is 1.08 bits per heavy atom. The minimum absolute atomic E-state index is 0.0296. The van der Waals surface area contributed by atoms with E-state index in [9.17, 15) is 27.9 Å². The number of H-pyrrole nitrogens is 1. The van der Waals surface area contributed by atoms with Gasteiger partial charge in [0.2, 0.25) is 0 Å². The normalized spacial score (nSPS) is 11.9. The molecule has 0 saturated carbocycles. The van der Waals surface area contributed by atoms with Gasteiger partial charge < -0.3 is 14.7 Å². The number of aromatic carboxylic acids is 1. The monoisotopic (exact) mass is 511 g/mol. The molecule has 182 valence electrons. The molecule has 0 atom stereocenters. The van der Waals surface area contributed by atoms with Crippen molar-refractivity contribution in [3.8, 4) is 11.1 Å². The van der Waals surface area contributed by atoms with Crippen molar-refractivity contribution in [1.29, 1.82) is 0 Å². The van der Waals surface area contributed by atoms with Gasteiger partial charge in [0.1, 0.15) is 10.8 Å². The van der Waals surface area contributed by atoms with Gasteiger partial charge in [0.05, 0.1) is 18.5 Å². The number of hydrogen-bond donors (Lipinski definition) is 2. The van der Waals surface area contributed by atoms with Crippen molar-refractivity contribution in [2.75, 3.05) is 0 Å². The SMILES string of the molecule is O=C(O)c1c(-c2ccc[nH]c2=O)c2cc(CC(F)(F)F)ccc2n1Cc1cc2ccccc2nc1Cl. The fraction of sp³-hybridized carbons (Fsp3) is 0.115. The molecule has 0 fully saturated rings. The predicted octanol–water partition coefficient (Wildman–Crippen LogP) is 6.05. The van der Waals surface area contributed by atoms with Gasteiger partial charge in [-0.3, -0.25) is 4.79 Å². The molecule has 5 rings (SSSR count). The topological polar surface area (TPSA) is 88.0 Å². The van der Waals surface area contributed by atoms with Crippen LogP contribution < -0.4 is 5.56 Å². The van der Waals surface area contributed by atoms with E-state index in [2.05, 4.69) is 9.97 Å². The van der Waals surface area contributed by atoms with E-state index in [1.807, 2.05) is 18.2 Å². The molecular formula is C26H17ClF3N3O3. The van der Waals surface area contributed by atoms with Crippen LogP contribution in [0.2, 0.25) is 5.15 Å². The van der Waals surface area contributed by atoms with E-state index < -0.39 is 24.1 Å². The molecule has 0 aliphatic carbocycles. The maximum atomic E-state index is 13.1. The van der Waals surface area contributed by atoms with Gasteiger partial charge in [-0.2, -0.15) is 13.2 Å². The van der Waals surface area contributed by atoms with Gasteiger partial charge in [0.25, 0.3) is 5.56 Å². The minimum Gasteiger partial charge on any atom is -0.477 e. The molecule has 0 spiro atoms. The highest BCUT2D eigenvalue weighted by Crippen LogP contribution is 2.36. The van der Waals surface area contributed by atoms with Crippen LogP contribution in [0.5, 0.6) is 0 Å². The predicted molar refractivity (Wildman–Crippen MR) is 131 cm³/mol. The molecule has 0 aliphatic rings. The number of rotatable bonds is 5. The highest BCUT2D eigenvalue weighted by molar-refractivity contribution is 6.30. The van der Waals surface area contributed by atoms with Crippen LogP contribution >= 0.6 is 11.6 Å². The van der Waals surface area contributed by atoms with Crippen LogP contribution in [-0.2, 0) is 13.0 Å². The van der Waals surface area contributed by atoms with Crippen LogP contribution in [-0.4, -0.2) is 31.8 Å². The number of fused-ring (bicyclic) bond motifs is 2. The Kier molecular flexibility index (Phi) is 5.80. The third-order valence-corrected chi connectivity index (χ3v) is 6.23. The van der Waals surface area contributed by atoms with Crippen LogP contribution in [0.15, 0.2) is 71.7 Å². The summed E-state index contributed by atoms with van der Waals surface area (Å²) in [5.41, 5.74) is 0.737. The van der Waals surface area contributed by atoms with Gasteiger partial charge in [0.15, 0.2) is 0 Å². The van der Waals surface area contributed by atoms with Crippen LogP contribution in [0.4, 0.5) is 13.2 Å². The quantitative estimate of drug-likeness (QED) is 0.281. The molecule has 5 aromatic rings. The lowest BCUT2D eigenvalue weighted by Crippen LogP contribution is -2.14. The molecule has 3 aromatic heterocycles. The number of halogens is 4. The number of benzene rings is 2. The van der Waals surface area contributed by atoms with Gasteiger partial charge in [-0.1, -0.05) is 35.9 Å². The summed E-state index contributed by atoms with van der Waals surface area (Å²) in [6.07, 6.45) is -4.26. The molecule has 0 saturated heterocycles. The van der Waals surface area contributed by atoms with E-state index in [1.54, 1.807) is 12.1 Å². The second-order valence-electron chi connectivity index (χ2n) is 8.30. The first-order valence-electron chi connectivity index (χ1n) is 10.8. The lowest BCUT2D eigenvalue weighted by molar-refractivity contribution is -0.127. The van der Waals surface area contributed by atoms with E-state index >= 15 is 0 Å². The number of aromatic nitrogens is 3. The average Bonchev–Trinajstić information content (AvgIpc) is 3.12. The Morgan fingerprint density at radius 2 is 1.86 bits per heavy atom. The number of carboxylic acid groups (broad SMARTS) is 1. The molecule has 6 nitrogen and oxygen atoms in total. The third kappa shape index (κ3) is 4.33. The Bertz CT molecular complexity index is 1710. The molecule has 2 N–H and O–H groups in total. The van der Waals surface area contributed by atoms with Crippen molar-refractivity contribution < 1.29 is 23.1 Å². The fourth-order valence-corrected chi connectivity index (χ4v) is 4.64. The number of pyridine rings is 2. The Morgan fingerprint density at radius 3 is 2.58 bits per heavy atom. The lowest BCUT2D eigenvalue weighted by Gasteiger charge is -2.12. The first kappa shape index (κ1) is 23.6. The second kappa shape index (κ2) is 8.83. The molecule has 0 radical (unpaired) electrons. The zero-order chi connectivity index (χ0) is 25.6. The fourth-order valence-electron chi connectivity index (χ4n) is 4.44. The van der Waals surface area contributed by atoms with Gasteiger partial charge >= 0.3 is 12.1 Å². The highest BCUT2D eigenvalue weighted by atomic mass is 35.5. The molecular weight excluding hydrogens is 495 g/mol. The van der Waals surface area contributed by atoms with E-state index in [0.717, 1.165) is 5.39 Å². The second-order valence-corrected chi connectivity index (χ2v) is 8.66. The summed E-state index contributed by atoms with van der Waals surface area (Å²) in [7, 11) is 0. The van der Waals surface area contributed by atoms with Crippen LogP contribution in [0.3, 0.4) is 0 Å². The van der Waals surface area contributed by atoms with E-state index in [4.69, 9.17) is 11.6 Å². The molecule has 0 unspecified atom stereocenters. The van der Waals surface area contributed by atoms with Crippen LogP contribution in [0, 0.1) is 0 Å². The summed E-state index contributed by atoms with van der Waals surface area (Å²) < 4.78 is 40.8. The Hall–Kier alpha value is -4.11. The first-order chi connectivity index (χ1) is 17.1. The lowest BCUT2D eigenvalue weighted by atomic mass is 10.0. The van der Waals surface area contributed by atoms with Crippen molar-refractivity contribution in [2.45, 2.75) is 19.1 Å². The molecule has 0 aliphatic heterocycles. The van der Waals surface area contributed by atoms with Crippen molar-refractivity contribution >= 4 is 39.4 Å². The van der Waals surface area contributed by atoms with E-state index in [1.165, 1.54) is 41.1 Å². The van der Waals surface area contributed by atoms with E-state index in [0.29, 0.717) is 16.6 Å². The largest absolute Gasteiger partial charge is 0.477 e. The van der Waals surface area contributed by atoms with Gasteiger partial charge in [-0.25, -0.2) is 9.78 Å². The number of carboxylic acids is 1. The molecule has 36 heavy (non-hydrogen) atoms. The summed E-state index contributed by atoms with van der Waals surface area (Å²) in [6, 6.07) is 16.0. The average molecular weight is 512 g/mol. The molecule has 0 bridgehead atoms. The molecule has 2 aromatic carbocycles. The highest BCUT2D eigenvalue weighted by Gasteiger charge is 2.30. The summed E-state index contributed by atoms with van der Waals surface area (Å²) >= 11 is 6.43. The number of carbonyl (C=O) groups is 1. The Balaban J connectivity index is 1.80. The number of alkyl halides is 3. The van der Waals surface area contributed by atoms with Gasteiger partial charge in [0, 0.05) is 39.2 Å². The number of hydrogen-bond acceptors (Lipinski definition) is 3. The summed E-state index contributed by atoms with van der Waals surface area (Å²) in [5.74, 6) is -1.34. The molecule has 0 amide bonds. The molecule has 3 heterocycles. The number of nitrogens with one attached hydrogen (secondary N) is 1. The van der Waals surface area contributed by atoms with Crippen molar-refractivity contribution in [3.05, 3.63) is 99.2 Å². The summed E-state index contributed by atoms with van der Waals surface area (Å²) in [5, 5.41) is 11.4.